The second kappa shape index (κ2) is 13.3. The van der Waals surface area contributed by atoms with Crippen molar-refractivity contribution < 1.29 is 0 Å². The van der Waals surface area contributed by atoms with E-state index in [4.69, 9.17) is 0 Å². The van der Waals surface area contributed by atoms with Gasteiger partial charge in [0.2, 0.25) is 0 Å². The molecule has 1 unspecified atom stereocenters. The van der Waals surface area contributed by atoms with E-state index in [-0.39, 0.29) is 11.5 Å². The summed E-state index contributed by atoms with van der Waals surface area (Å²) in [5, 5.41) is 5.19. The van der Waals surface area contributed by atoms with Crippen LogP contribution >= 0.6 is 11.3 Å². The lowest BCUT2D eigenvalue weighted by Gasteiger charge is -2.35. The van der Waals surface area contributed by atoms with Crippen LogP contribution in [0.4, 0.5) is 11.4 Å². The highest BCUT2D eigenvalue weighted by molar-refractivity contribution is 7.26. The second-order valence-electron chi connectivity index (χ2n) is 16.0. The molecular weight excluding hydrogens is 707 g/mol. The third-order valence-corrected chi connectivity index (χ3v) is 13.6. The van der Waals surface area contributed by atoms with E-state index >= 15 is 0 Å². The molecule has 8 aromatic carbocycles. The maximum Gasteiger partial charge on any atom is 0.0565 e. The van der Waals surface area contributed by atoms with Gasteiger partial charge in [0.15, 0.2) is 0 Å². The van der Waals surface area contributed by atoms with Gasteiger partial charge in [-0.1, -0.05) is 178 Å². The Labute approximate surface area is 338 Å². The fraction of sp³-hybridized carbons (Fsp3) is 0.0909. The molecule has 272 valence electrons. The summed E-state index contributed by atoms with van der Waals surface area (Å²) >= 11 is 1.89. The molecule has 0 aliphatic heterocycles. The smallest absolute Gasteiger partial charge is 0.0565 e. The molecule has 11 rings (SSSR count). The Kier molecular flexibility index (Phi) is 7.91. The summed E-state index contributed by atoms with van der Waals surface area (Å²) in [4.78, 5) is 2.58. The van der Waals surface area contributed by atoms with Crippen LogP contribution in [0.3, 0.4) is 0 Å². The largest absolute Gasteiger partial charge is 0.334 e. The van der Waals surface area contributed by atoms with Crippen LogP contribution in [0.25, 0.3) is 69.9 Å². The van der Waals surface area contributed by atoms with Gasteiger partial charge in [-0.2, -0.15) is 0 Å². The van der Waals surface area contributed by atoms with Gasteiger partial charge in [0.25, 0.3) is 0 Å². The predicted molar refractivity (Wildman–Crippen MR) is 246 cm³/mol. The van der Waals surface area contributed by atoms with Gasteiger partial charge >= 0.3 is 0 Å². The number of hydrogen-bond acceptors (Lipinski definition) is 2. The number of hydrogen-bond donors (Lipinski definition) is 0. The van der Waals surface area contributed by atoms with E-state index in [2.05, 4.69) is 213 Å². The normalized spacial score (nSPS) is 15.5. The van der Waals surface area contributed by atoms with Crippen LogP contribution in [-0.4, -0.2) is 6.04 Å². The highest BCUT2D eigenvalue weighted by Crippen LogP contribution is 2.51. The molecule has 0 fully saturated rings. The maximum absolute atomic E-state index is 2.58. The van der Waals surface area contributed by atoms with Gasteiger partial charge in [0, 0.05) is 37.0 Å². The fourth-order valence-electron chi connectivity index (χ4n) is 9.60. The first-order chi connectivity index (χ1) is 28.0. The summed E-state index contributed by atoms with van der Waals surface area (Å²) in [5.74, 6) is 0. The Morgan fingerprint density at radius 1 is 0.526 bits per heavy atom. The van der Waals surface area contributed by atoms with Gasteiger partial charge in [-0.05, 0) is 103 Å². The summed E-state index contributed by atoms with van der Waals surface area (Å²) in [6, 6.07) is 65.3. The van der Waals surface area contributed by atoms with Gasteiger partial charge < -0.3 is 4.90 Å². The van der Waals surface area contributed by atoms with Crippen LogP contribution in [0.1, 0.15) is 37.0 Å². The molecule has 0 radical (unpaired) electrons. The van der Waals surface area contributed by atoms with Crippen molar-refractivity contribution in [1.82, 2.24) is 0 Å². The van der Waals surface area contributed by atoms with E-state index in [1.165, 1.54) is 98.0 Å². The zero-order valence-corrected chi connectivity index (χ0v) is 32.9. The molecule has 1 aromatic heterocycles. The average molecular weight is 748 g/mol. The minimum absolute atomic E-state index is 0.0937. The van der Waals surface area contributed by atoms with Crippen LogP contribution in [0.2, 0.25) is 0 Å². The van der Waals surface area contributed by atoms with Crippen LogP contribution < -0.4 is 4.90 Å². The van der Waals surface area contributed by atoms with Gasteiger partial charge in [-0.3, -0.25) is 0 Å². The van der Waals surface area contributed by atoms with Crippen molar-refractivity contribution in [2.75, 3.05) is 4.90 Å². The summed E-state index contributed by atoms with van der Waals surface area (Å²) in [6.45, 7) is 4.75. The Morgan fingerprint density at radius 3 is 2.09 bits per heavy atom. The number of allylic oxidation sites excluding steroid dienone is 2. The van der Waals surface area contributed by atoms with E-state index in [0.29, 0.717) is 0 Å². The molecule has 0 bridgehead atoms. The Morgan fingerprint density at radius 2 is 1.21 bits per heavy atom. The Balaban J connectivity index is 1.06. The summed E-state index contributed by atoms with van der Waals surface area (Å²) in [5.41, 5.74) is 15.4. The van der Waals surface area contributed by atoms with Crippen molar-refractivity contribution in [3.05, 3.63) is 211 Å². The van der Waals surface area contributed by atoms with Crippen molar-refractivity contribution >= 4 is 59.2 Å². The van der Waals surface area contributed by atoms with Crippen molar-refractivity contribution in [3.8, 4) is 33.4 Å². The standard InChI is InChI=1S/C55H41NS/c1-55(2)50-24-10-8-20-46(50)47-33-31-42(35-51(47)55)56(40-29-26-37(27-30-40)45-22-13-23-49-48-21-9-11-25-52(48)57-54(45)49)41-18-12-17-39(34-41)44-32-28-36-14-6-7-19-43(36)53(44)38-15-4-3-5-16-38/h3-17,19-35,41H,18H2,1-2H3. The van der Waals surface area contributed by atoms with Crippen LogP contribution in [-0.2, 0) is 5.41 Å². The van der Waals surface area contributed by atoms with Crippen molar-refractivity contribution in [1.29, 1.82) is 0 Å². The van der Waals surface area contributed by atoms with Gasteiger partial charge in [-0.15, -0.1) is 11.3 Å². The lowest BCUT2D eigenvalue weighted by atomic mass is 9.82. The number of nitrogens with zero attached hydrogens (tertiary/aromatic N) is 1. The molecule has 57 heavy (non-hydrogen) atoms. The van der Waals surface area contributed by atoms with Crippen LogP contribution in [0, 0.1) is 0 Å². The van der Waals surface area contributed by atoms with Gasteiger partial charge in [0.1, 0.15) is 0 Å². The first kappa shape index (κ1) is 33.8. The fourth-order valence-corrected chi connectivity index (χ4v) is 10.8. The molecule has 1 atom stereocenters. The van der Waals surface area contributed by atoms with E-state index in [1.54, 1.807) is 0 Å². The average Bonchev–Trinajstić information content (AvgIpc) is 3.76. The third-order valence-electron chi connectivity index (χ3n) is 12.4. The lowest BCUT2D eigenvalue weighted by molar-refractivity contribution is 0.659. The monoisotopic (exact) mass is 747 g/mol. The Hall–Kier alpha value is -6.48. The quantitative estimate of drug-likeness (QED) is 0.164. The van der Waals surface area contributed by atoms with Crippen LogP contribution in [0.5, 0.6) is 0 Å². The molecule has 0 amide bonds. The summed E-state index contributed by atoms with van der Waals surface area (Å²) < 4.78 is 2.68. The zero-order chi connectivity index (χ0) is 38.1. The van der Waals surface area contributed by atoms with Crippen molar-refractivity contribution in [2.45, 2.75) is 31.7 Å². The van der Waals surface area contributed by atoms with Crippen molar-refractivity contribution in [3.63, 3.8) is 0 Å². The molecule has 9 aromatic rings. The van der Waals surface area contributed by atoms with Gasteiger partial charge in [-0.25, -0.2) is 0 Å². The predicted octanol–water partition coefficient (Wildman–Crippen LogP) is 15.4. The second-order valence-corrected chi connectivity index (χ2v) is 17.1. The molecule has 0 saturated carbocycles. The highest BCUT2D eigenvalue weighted by Gasteiger charge is 2.36. The Bertz CT molecular complexity index is 3070. The summed E-state index contributed by atoms with van der Waals surface area (Å²) in [6.07, 6.45) is 8.12. The number of fused-ring (bicyclic) bond motifs is 7. The van der Waals surface area contributed by atoms with E-state index in [1.807, 2.05) is 11.3 Å². The van der Waals surface area contributed by atoms with E-state index < -0.39 is 0 Å². The summed E-state index contributed by atoms with van der Waals surface area (Å²) in [7, 11) is 0. The lowest BCUT2D eigenvalue weighted by Crippen LogP contribution is -2.30. The number of benzene rings is 8. The number of rotatable bonds is 6. The molecule has 2 heteroatoms. The molecule has 2 aliphatic rings. The SMILES string of the molecule is CC1(C)c2ccccc2-c2ccc(N(c3ccc(-c4cccc5c4sc4ccccc45)cc3)C3C=C(c4ccc5ccccc5c4-c4ccccc4)C=CC3)cc21. The van der Waals surface area contributed by atoms with E-state index in [9.17, 15) is 0 Å². The maximum atomic E-state index is 2.58. The third kappa shape index (κ3) is 5.51. The minimum Gasteiger partial charge on any atom is -0.334 e. The topological polar surface area (TPSA) is 3.24 Å². The molecule has 2 aliphatic carbocycles. The molecule has 1 heterocycles. The first-order valence-electron chi connectivity index (χ1n) is 20.0. The molecule has 1 nitrogen and oxygen atoms in total. The molecule has 0 N–H and O–H groups in total. The molecular formula is C55H41NS. The molecule has 0 saturated heterocycles. The van der Waals surface area contributed by atoms with Crippen LogP contribution in [0.15, 0.2) is 194 Å². The molecule has 0 spiro atoms. The first-order valence-corrected chi connectivity index (χ1v) is 20.8. The number of thiophene rings is 1. The minimum atomic E-state index is -0.0937. The van der Waals surface area contributed by atoms with Gasteiger partial charge in [0.05, 0.1) is 6.04 Å². The highest BCUT2D eigenvalue weighted by atomic mass is 32.1. The number of anilines is 2. The van der Waals surface area contributed by atoms with Crippen molar-refractivity contribution in [2.24, 2.45) is 0 Å². The van der Waals surface area contributed by atoms with E-state index in [0.717, 1.165) is 6.42 Å². The zero-order valence-electron chi connectivity index (χ0n) is 32.1.